The molecule has 0 fully saturated rings. The molecule has 1 amide bonds. The zero-order chi connectivity index (χ0) is 23.0. The number of ether oxygens (including phenoxy) is 1. The first-order valence-electron chi connectivity index (χ1n) is 10.1. The predicted molar refractivity (Wildman–Crippen MR) is 115 cm³/mol. The molecule has 6 nitrogen and oxygen atoms in total. The molecule has 1 aromatic heterocycles. The van der Waals surface area contributed by atoms with Crippen molar-refractivity contribution in [3.8, 4) is 11.3 Å². The number of imidazole rings is 1. The van der Waals surface area contributed by atoms with Crippen LogP contribution in [0.25, 0.3) is 11.3 Å². The molecule has 1 atom stereocenters. The van der Waals surface area contributed by atoms with Gasteiger partial charge in [0.1, 0.15) is 0 Å². The minimum atomic E-state index is -4.39. The maximum Gasteiger partial charge on any atom is 0.416 e. The van der Waals surface area contributed by atoms with Gasteiger partial charge in [0, 0.05) is 37.0 Å². The molecule has 0 saturated heterocycles. The van der Waals surface area contributed by atoms with Crippen LogP contribution in [0, 0.1) is 0 Å². The number of nitrogens with one attached hydrogen (secondary N) is 1. The Balaban J connectivity index is 1.73. The van der Waals surface area contributed by atoms with Gasteiger partial charge in [-0.25, -0.2) is 4.98 Å². The quantitative estimate of drug-likeness (QED) is 0.629. The van der Waals surface area contributed by atoms with Gasteiger partial charge in [-0.15, -0.1) is 0 Å². The fraction of sp³-hybridized carbons (Fsp3) is 0.304. The number of benzene rings is 2. The van der Waals surface area contributed by atoms with Gasteiger partial charge in [0.15, 0.2) is 0 Å². The van der Waals surface area contributed by atoms with E-state index >= 15 is 0 Å². The second kappa shape index (κ2) is 8.31. The maximum absolute atomic E-state index is 13.0. The minimum absolute atomic E-state index is 0.155. The van der Waals surface area contributed by atoms with Crippen molar-refractivity contribution in [2.45, 2.75) is 25.7 Å². The Hall–Kier alpha value is -3.33. The molecule has 0 saturated carbocycles. The number of hydrogen-bond acceptors (Lipinski definition) is 4. The molecule has 3 aromatic rings. The highest BCUT2D eigenvalue weighted by Gasteiger charge is 2.31. The van der Waals surface area contributed by atoms with E-state index in [4.69, 9.17) is 4.74 Å². The van der Waals surface area contributed by atoms with Crippen molar-refractivity contribution in [1.82, 2.24) is 14.9 Å². The summed E-state index contributed by atoms with van der Waals surface area (Å²) >= 11 is 0. The van der Waals surface area contributed by atoms with E-state index in [-0.39, 0.29) is 11.9 Å². The molecular weight excluding hydrogens is 421 g/mol. The second-order valence-electron chi connectivity index (χ2n) is 7.84. The van der Waals surface area contributed by atoms with Gasteiger partial charge in [-0.05, 0) is 49.4 Å². The summed E-state index contributed by atoms with van der Waals surface area (Å²) < 4.78 is 45.9. The van der Waals surface area contributed by atoms with Crippen molar-refractivity contribution < 1.29 is 22.7 Å². The largest absolute Gasteiger partial charge is 0.416 e. The molecule has 1 aliphatic rings. The summed E-state index contributed by atoms with van der Waals surface area (Å²) in [5.41, 5.74) is 3.58. The van der Waals surface area contributed by atoms with Crippen LogP contribution in [0.15, 0.2) is 48.8 Å². The van der Waals surface area contributed by atoms with E-state index in [2.05, 4.69) is 10.3 Å². The average Bonchev–Trinajstić information content (AvgIpc) is 3.13. The molecule has 0 radical (unpaired) electrons. The molecule has 0 aliphatic carbocycles. The summed E-state index contributed by atoms with van der Waals surface area (Å²) in [6.45, 7) is 2.69. The van der Waals surface area contributed by atoms with Crippen molar-refractivity contribution in [3.63, 3.8) is 0 Å². The van der Waals surface area contributed by atoms with Crippen LogP contribution in [0.3, 0.4) is 0 Å². The number of alkyl halides is 3. The second-order valence-corrected chi connectivity index (χ2v) is 7.84. The van der Waals surface area contributed by atoms with E-state index in [1.807, 2.05) is 23.4 Å². The first-order chi connectivity index (χ1) is 15.2. The third-order valence-electron chi connectivity index (χ3n) is 5.47. The lowest BCUT2D eigenvalue weighted by molar-refractivity contribution is -0.137. The number of hydrogen-bond donors (Lipinski definition) is 1. The van der Waals surface area contributed by atoms with Crippen LogP contribution in [0.2, 0.25) is 0 Å². The first kappa shape index (κ1) is 21.9. The Morgan fingerprint density at radius 3 is 2.59 bits per heavy atom. The number of amides is 1. The minimum Gasteiger partial charge on any atom is -0.383 e. The molecule has 1 aliphatic heterocycles. The number of aromatic nitrogens is 2. The summed E-state index contributed by atoms with van der Waals surface area (Å²) in [4.78, 5) is 19.1. The van der Waals surface area contributed by atoms with Crippen molar-refractivity contribution in [2.75, 3.05) is 18.6 Å². The number of nitrogens with zero attached hydrogens (tertiary/aromatic N) is 3. The number of carbonyl (C=O) groups is 1. The summed E-state index contributed by atoms with van der Waals surface area (Å²) in [5, 5.41) is 2.89. The normalized spacial score (nSPS) is 14.0. The van der Waals surface area contributed by atoms with Crippen molar-refractivity contribution in [2.24, 2.45) is 7.05 Å². The fourth-order valence-electron chi connectivity index (χ4n) is 3.86. The van der Waals surface area contributed by atoms with Gasteiger partial charge in [-0.1, -0.05) is 0 Å². The third kappa shape index (κ3) is 4.08. The molecule has 0 unspecified atom stereocenters. The molecule has 9 heteroatoms. The Kier molecular flexibility index (Phi) is 5.68. The Morgan fingerprint density at radius 2 is 1.94 bits per heavy atom. The number of aryl methyl sites for hydroxylation is 1. The number of carbonyl (C=O) groups excluding carboxylic acids is 1. The Bertz CT molecular complexity index is 1140. The molecule has 0 bridgehead atoms. The number of anilines is 2. The molecule has 0 spiro atoms. The van der Waals surface area contributed by atoms with Crippen LogP contribution in [0.5, 0.6) is 0 Å². The van der Waals surface area contributed by atoms with Crippen molar-refractivity contribution in [1.29, 1.82) is 0 Å². The van der Waals surface area contributed by atoms with Gasteiger partial charge in [0.05, 0.1) is 42.1 Å². The lowest BCUT2D eigenvalue weighted by Gasteiger charge is -2.32. The zero-order valence-electron chi connectivity index (χ0n) is 17.9. The van der Waals surface area contributed by atoms with Gasteiger partial charge >= 0.3 is 6.18 Å². The van der Waals surface area contributed by atoms with E-state index in [0.717, 1.165) is 34.8 Å². The van der Waals surface area contributed by atoms with Gasteiger partial charge in [0.2, 0.25) is 0 Å². The number of rotatable bonds is 5. The van der Waals surface area contributed by atoms with Gasteiger partial charge in [-0.3, -0.25) is 4.79 Å². The lowest BCUT2D eigenvalue weighted by Crippen LogP contribution is -2.35. The highest BCUT2D eigenvalue weighted by Crippen LogP contribution is 2.43. The average molecular weight is 444 g/mol. The Morgan fingerprint density at radius 1 is 1.22 bits per heavy atom. The molecule has 2 heterocycles. The van der Waals surface area contributed by atoms with Crippen LogP contribution in [0.1, 0.15) is 28.5 Å². The van der Waals surface area contributed by atoms with Crippen molar-refractivity contribution >= 4 is 17.3 Å². The highest BCUT2D eigenvalue weighted by atomic mass is 19.4. The summed E-state index contributed by atoms with van der Waals surface area (Å²) in [5.74, 6) is -0.235. The Labute approximate surface area is 183 Å². The van der Waals surface area contributed by atoms with E-state index in [1.165, 1.54) is 12.1 Å². The van der Waals surface area contributed by atoms with E-state index < -0.39 is 11.7 Å². The first-order valence-corrected chi connectivity index (χ1v) is 10.1. The third-order valence-corrected chi connectivity index (χ3v) is 5.47. The summed E-state index contributed by atoms with van der Waals surface area (Å²) in [6, 6.07) is 10.2. The molecule has 1 N–H and O–H groups in total. The van der Waals surface area contributed by atoms with Gasteiger partial charge < -0.3 is 19.5 Å². The number of methoxy groups -OCH3 is 1. The van der Waals surface area contributed by atoms with E-state index in [0.29, 0.717) is 24.4 Å². The summed E-state index contributed by atoms with van der Waals surface area (Å²) in [6.07, 6.45) is -2.70. The van der Waals surface area contributed by atoms with Crippen LogP contribution in [0.4, 0.5) is 24.5 Å². The number of halogens is 3. The fourth-order valence-corrected chi connectivity index (χ4v) is 3.86. The van der Waals surface area contributed by atoms with Gasteiger partial charge in [0.25, 0.3) is 5.91 Å². The molecule has 2 aromatic carbocycles. The van der Waals surface area contributed by atoms with Crippen molar-refractivity contribution in [3.05, 3.63) is 65.6 Å². The molecular formula is C23H23F3N4O2. The standard InChI is InChI=1S/C23H23F3N4O2/c1-14(12-32-3)28-22(31)15-4-9-19-18(10-15)21-20(29(2)13-27-21)11-30(19)17-7-5-16(6-8-17)23(24,25)26/h4-10,13-14H,11-12H2,1-3H3,(H,28,31)/t14-/m0/s1. The number of fused-ring (bicyclic) bond motifs is 3. The SMILES string of the molecule is COC[C@H](C)NC(=O)c1ccc2c(c1)-c1ncn(C)c1CN2c1ccc(C(F)(F)F)cc1. The molecule has 32 heavy (non-hydrogen) atoms. The van der Waals surface area contributed by atoms with Crippen LogP contribution in [-0.4, -0.2) is 35.2 Å². The maximum atomic E-state index is 13.0. The highest BCUT2D eigenvalue weighted by molar-refractivity contribution is 5.98. The van der Waals surface area contributed by atoms with E-state index in [9.17, 15) is 18.0 Å². The predicted octanol–water partition coefficient (Wildman–Crippen LogP) is 4.52. The van der Waals surface area contributed by atoms with Crippen LogP contribution >= 0.6 is 0 Å². The monoisotopic (exact) mass is 444 g/mol. The topological polar surface area (TPSA) is 59.4 Å². The zero-order valence-corrected chi connectivity index (χ0v) is 17.9. The smallest absolute Gasteiger partial charge is 0.383 e. The summed E-state index contributed by atoms with van der Waals surface area (Å²) in [7, 11) is 3.44. The molecule has 4 rings (SSSR count). The van der Waals surface area contributed by atoms with Crippen LogP contribution in [-0.2, 0) is 24.5 Å². The molecule has 168 valence electrons. The lowest BCUT2D eigenvalue weighted by atomic mass is 9.98. The van der Waals surface area contributed by atoms with Gasteiger partial charge in [-0.2, -0.15) is 13.2 Å². The van der Waals surface area contributed by atoms with Crippen LogP contribution < -0.4 is 10.2 Å². The van der Waals surface area contributed by atoms with E-state index in [1.54, 1.807) is 31.6 Å².